The third kappa shape index (κ3) is 4.62. The third-order valence-corrected chi connectivity index (χ3v) is 8.66. The summed E-state index contributed by atoms with van der Waals surface area (Å²) >= 11 is 9.38. The summed E-state index contributed by atoms with van der Waals surface area (Å²) < 4.78 is 1.15. The first kappa shape index (κ1) is 22.4. The molecular formula is C28H22ClN3OS2. The van der Waals surface area contributed by atoms with E-state index in [4.69, 9.17) is 16.6 Å². The normalized spacial score (nSPS) is 13.6. The molecule has 174 valence electrons. The lowest BCUT2D eigenvalue weighted by Crippen LogP contribution is -2.29. The van der Waals surface area contributed by atoms with Crippen LogP contribution in [0.5, 0.6) is 0 Å². The molecule has 0 fully saturated rings. The van der Waals surface area contributed by atoms with Gasteiger partial charge in [-0.05, 0) is 53.9 Å². The molecule has 7 heteroatoms. The van der Waals surface area contributed by atoms with Crippen LogP contribution in [-0.4, -0.2) is 22.3 Å². The van der Waals surface area contributed by atoms with Gasteiger partial charge in [-0.3, -0.25) is 9.69 Å². The Bertz CT molecular complexity index is 1480. The van der Waals surface area contributed by atoms with Gasteiger partial charge < -0.3 is 5.32 Å². The van der Waals surface area contributed by atoms with E-state index in [2.05, 4.69) is 46.6 Å². The lowest BCUT2D eigenvalue weighted by atomic mass is 10.0. The molecule has 3 heterocycles. The molecule has 6 rings (SSSR count). The van der Waals surface area contributed by atoms with E-state index in [1.165, 1.54) is 16.0 Å². The molecule has 1 amide bonds. The average Bonchev–Trinajstić information content (AvgIpc) is 3.45. The molecule has 2 aromatic heterocycles. The predicted octanol–water partition coefficient (Wildman–Crippen LogP) is 7.49. The Morgan fingerprint density at radius 1 is 0.971 bits per heavy atom. The number of thiophene rings is 1. The standard InChI is InChI=1S/C28H22ClN3OS2/c29-20-12-10-19(11-13-20)26(33)31-28-25(27-30-22-8-4-5-9-23(22)34-27)21-14-15-32(17-24(21)35-28)16-18-6-2-1-3-7-18/h1-13H,14-17H2,(H,31,33). The largest absolute Gasteiger partial charge is 0.313 e. The van der Waals surface area contributed by atoms with Crippen molar-refractivity contribution in [3.63, 3.8) is 0 Å². The van der Waals surface area contributed by atoms with Crippen molar-refractivity contribution in [2.24, 2.45) is 0 Å². The minimum atomic E-state index is -0.135. The van der Waals surface area contributed by atoms with Gasteiger partial charge in [0, 0.05) is 40.7 Å². The number of carbonyl (C=O) groups is 1. The maximum Gasteiger partial charge on any atom is 0.256 e. The molecule has 1 N–H and O–H groups in total. The Balaban J connectivity index is 1.36. The van der Waals surface area contributed by atoms with Gasteiger partial charge in [0.05, 0.1) is 10.2 Å². The van der Waals surface area contributed by atoms with Crippen LogP contribution in [0.2, 0.25) is 5.02 Å². The second-order valence-corrected chi connectivity index (χ2v) is 11.2. The molecule has 1 aliphatic heterocycles. The van der Waals surface area contributed by atoms with E-state index in [0.717, 1.165) is 51.8 Å². The highest BCUT2D eigenvalue weighted by Gasteiger charge is 2.28. The summed E-state index contributed by atoms with van der Waals surface area (Å²) in [5, 5.41) is 5.64. The van der Waals surface area contributed by atoms with Gasteiger partial charge in [-0.25, -0.2) is 4.98 Å². The number of para-hydroxylation sites is 1. The molecule has 0 atom stereocenters. The van der Waals surface area contributed by atoms with E-state index in [9.17, 15) is 4.79 Å². The maximum absolute atomic E-state index is 13.1. The van der Waals surface area contributed by atoms with E-state index in [1.54, 1.807) is 46.9 Å². The summed E-state index contributed by atoms with van der Waals surface area (Å²) in [7, 11) is 0. The molecule has 0 radical (unpaired) electrons. The zero-order chi connectivity index (χ0) is 23.8. The average molecular weight is 516 g/mol. The van der Waals surface area contributed by atoms with Gasteiger partial charge in [0.2, 0.25) is 0 Å². The Morgan fingerprint density at radius 2 is 1.74 bits per heavy atom. The van der Waals surface area contributed by atoms with Gasteiger partial charge in [0.25, 0.3) is 5.91 Å². The zero-order valence-corrected chi connectivity index (χ0v) is 21.2. The summed E-state index contributed by atoms with van der Waals surface area (Å²) in [5.74, 6) is -0.135. The van der Waals surface area contributed by atoms with Crippen molar-refractivity contribution in [2.45, 2.75) is 19.5 Å². The minimum absolute atomic E-state index is 0.135. The molecule has 35 heavy (non-hydrogen) atoms. The lowest BCUT2D eigenvalue weighted by Gasteiger charge is -2.27. The molecule has 0 aliphatic carbocycles. The molecule has 0 saturated carbocycles. The zero-order valence-electron chi connectivity index (χ0n) is 18.8. The smallest absolute Gasteiger partial charge is 0.256 e. The Labute approximate surface area is 216 Å². The minimum Gasteiger partial charge on any atom is -0.313 e. The van der Waals surface area contributed by atoms with Crippen molar-refractivity contribution in [2.75, 3.05) is 11.9 Å². The summed E-state index contributed by atoms with van der Waals surface area (Å²) in [6.45, 7) is 2.76. The Morgan fingerprint density at radius 3 is 2.54 bits per heavy atom. The number of nitrogens with one attached hydrogen (secondary N) is 1. The van der Waals surface area contributed by atoms with Gasteiger partial charge >= 0.3 is 0 Å². The first-order valence-corrected chi connectivity index (χ1v) is 13.5. The molecule has 1 aliphatic rings. The number of benzene rings is 3. The number of fused-ring (bicyclic) bond motifs is 2. The fourth-order valence-corrected chi connectivity index (χ4v) is 7.02. The Kier molecular flexibility index (Phi) is 6.12. The van der Waals surface area contributed by atoms with Crippen LogP contribution in [0.4, 0.5) is 5.00 Å². The van der Waals surface area contributed by atoms with Crippen molar-refractivity contribution in [1.82, 2.24) is 9.88 Å². The van der Waals surface area contributed by atoms with Crippen molar-refractivity contribution in [3.05, 3.63) is 105 Å². The molecule has 3 aromatic carbocycles. The molecule has 0 bridgehead atoms. The van der Waals surface area contributed by atoms with Gasteiger partial charge in [0.15, 0.2) is 0 Å². The number of thiazole rings is 1. The van der Waals surface area contributed by atoms with Crippen LogP contribution >= 0.6 is 34.3 Å². The number of aromatic nitrogens is 1. The van der Waals surface area contributed by atoms with E-state index in [0.29, 0.717) is 10.6 Å². The van der Waals surface area contributed by atoms with Crippen LogP contribution in [0.15, 0.2) is 78.9 Å². The summed E-state index contributed by atoms with van der Waals surface area (Å²) in [5.41, 5.74) is 5.28. The second kappa shape index (κ2) is 9.55. The van der Waals surface area contributed by atoms with Gasteiger partial charge in [0.1, 0.15) is 10.0 Å². The van der Waals surface area contributed by atoms with Crippen LogP contribution in [0, 0.1) is 0 Å². The van der Waals surface area contributed by atoms with E-state index in [-0.39, 0.29) is 5.91 Å². The second-order valence-electron chi connectivity index (χ2n) is 8.60. The molecule has 0 unspecified atom stereocenters. The number of rotatable bonds is 5. The van der Waals surface area contributed by atoms with Gasteiger partial charge in [-0.15, -0.1) is 22.7 Å². The molecule has 0 spiro atoms. The quantitative estimate of drug-likeness (QED) is 0.264. The van der Waals surface area contributed by atoms with Crippen molar-refractivity contribution < 1.29 is 4.79 Å². The van der Waals surface area contributed by atoms with Crippen LogP contribution < -0.4 is 5.32 Å². The molecular weight excluding hydrogens is 494 g/mol. The highest BCUT2D eigenvalue weighted by atomic mass is 35.5. The number of hydrogen-bond donors (Lipinski definition) is 1. The number of anilines is 1. The predicted molar refractivity (Wildman–Crippen MR) is 147 cm³/mol. The van der Waals surface area contributed by atoms with Gasteiger partial charge in [-0.1, -0.05) is 54.1 Å². The van der Waals surface area contributed by atoms with Crippen LogP contribution in [0.3, 0.4) is 0 Å². The van der Waals surface area contributed by atoms with Crippen LogP contribution in [0.25, 0.3) is 20.8 Å². The fraction of sp³-hybridized carbons (Fsp3) is 0.143. The maximum atomic E-state index is 13.1. The van der Waals surface area contributed by atoms with E-state index >= 15 is 0 Å². The SMILES string of the molecule is O=C(Nc1sc2c(c1-c1nc3ccccc3s1)CCN(Cc1ccccc1)C2)c1ccc(Cl)cc1. The van der Waals surface area contributed by atoms with Crippen molar-refractivity contribution >= 4 is 55.4 Å². The summed E-state index contributed by atoms with van der Waals surface area (Å²) in [6.07, 6.45) is 0.931. The first-order chi connectivity index (χ1) is 17.1. The van der Waals surface area contributed by atoms with Crippen LogP contribution in [-0.2, 0) is 19.5 Å². The lowest BCUT2D eigenvalue weighted by molar-refractivity contribution is 0.102. The fourth-order valence-electron chi connectivity index (χ4n) is 4.50. The van der Waals surface area contributed by atoms with E-state index < -0.39 is 0 Å². The summed E-state index contributed by atoms with van der Waals surface area (Å²) in [6, 6.07) is 25.8. The monoisotopic (exact) mass is 515 g/mol. The first-order valence-electron chi connectivity index (χ1n) is 11.5. The number of amides is 1. The Hall–Kier alpha value is -3.03. The van der Waals surface area contributed by atoms with Crippen LogP contribution in [0.1, 0.15) is 26.4 Å². The number of hydrogen-bond acceptors (Lipinski definition) is 5. The highest BCUT2D eigenvalue weighted by molar-refractivity contribution is 7.23. The molecule has 0 saturated heterocycles. The third-order valence-electron chi connectivity index (χ3n) is 6.23. The van der Waals surface area contributed by atoms with Gasteiger partial charge in [-0.2, -0.15) is 0 Å². The van der Waals surface area contributed by atoms with Crippen molar-refractivity contribution in [1.29, 1.82) is 0 Å². The number of nitrogens with zero attached hydrogens (tertiary/aromatic N) is 2. The topological polar surface area (TPSA) is 45.2 Å². The van der Waals surface area contributed by atoms with Crippen molar-refractivity contribution in [3.8, 4) is 10.6 Å². The molecule has 4 nitrogen and oxygen atoms in total. The number of halogens is 1. The highest BCUT2D eigenvalue weighted by Crippen LogP contribution is 2.46. The number of carbonyl (C=O) groups excluding carboxylic acids is 1. The summed E-state index contributed by atoms with van der Waals surface area (Å²) in [4.78, 5) is 21.8. The van der Waals surface area contributed by atoms with E-state index in [1.807, 2.05) is 18.2 Å². The molecule has 5 aromatic rings.